The molecule has 6 rings (SSSR count). The van der Waals surface area contributed by atoms with Gasteiger partial charge in [0.05, 0.1) is 12.3 Å². The van der Waals surface area contributed by atoms with E-state index in [1.807, 2.05) is 0 Å². The van der Waals surface area contributed by atoms with Crippen molar-refractivity contribution in [2.75, 3.05) is 12.3 Å². The molecule has 0 aliphatic rings. The number of halogens is 4. The Kier molecular flexibility index (Phi) is 32.1. The molecule has 22 heteroatoms. The molecular weight excluding hydrogens is 1190 g/mol. The summed E-state index contributed by atoms with van der Waals surface area (Å²) in [6, 6.07) is 67.2. The molecule has 0 bridgehead atoms. The van der Waals surface area contributed by atoms with E-state index >= 15 is 0 Å². The molecule has 0 saturated carbocycles. The average molecular weight is 1250 g/mol. The quantitative estimate of drug-likeness (QED) is 0.0525. The Morgan fingerprint density at radius 1 is 0.343 bits per heavy atom. The predicted molar refractivity (Wildman–Crippen MR) is 262 cm³/mol. The predicted octanol–water partition coefficient (Wildman–Crippen LogP) is 9.43. The summed E-state index contributed by atoms with van der Waals surface area (Å²) >= 11 is -19.1. The molecule has 12 nitrogen and oxygen atoms in total. The maximum absolute atomic E-state index is 9.01. The molecule has 0 heterocycles. The molecule has 0 atom stereocenters. The van der Waals surface area contributed by atoms with Gasteiger partial charge >= 0.3 is 136 Å². The topological polar surface area (TPSA) is 223 Å². The summed E-state index contributed by atoms with van der Waals surface area (Å²) in [7, 11) is 13.1. The van der Waals surface area contributed by atoms with Gasteiger partial charge in [0, 0.05) is 0 Å². The van der Waals surface area contributed by atoms with Gasteiger partial charge in [-0.3, -0.25) is 0 Å². The Morgan fingerprint density at radius 2 is 0.486 bits per heavy atom. The van der Waals surface area contributed by atoms with Crippen molar-refractivity contribution in [1.82, 2.24) is 0 Å². The normalized spacial score (nSPS) is 11.5. The van der Waals surface area contributed by atoms with Crippen molar-refractivity contribution in [3.05, 3.63) is 182 Å². The van der Waals surface area contributed by atoms with Crippen LogP contribution < -0.4 is 40.2 Å². The third kappa shape index (κ3) is 30.0. The van der Waals surface area contributed by atoms with Gasteiger partial charge in [0.15, 0.2) is 0 Å². The number of hydrogen-bond acceptors (Lipinski definition) is 10. The number of hydrogen-bond donors (Lipinski definition) is 2. The van der Waals surface area contributed by atoms with E-state index in [-0.39, 0.29) is 0 Å². The van der Waals surface area contributed by atoms with Crippen LogP contribution in [0.1, 0.15) is 65.2 Å². The number of rotatable bonds is 16. The summed E-state index contributed by atoms with van der Waals surface area (Å²) in [5.74, 6) is 0. The Morgan fingerprint density at radius 3 is 0.614 bits per heavy atom. The number of unbranched alkanes of at least 4 members (excludes halogenated alkanes) is 6. The summed E-state index contributed by atoms with van der Waals surface area (Å²) in [5, 5.41) is 9.02. The van der Waals surface area contributed by atoms with Gasteiger partial charge in [0.1, 0.15) is 46.4 Å². The van der Waals surface area contributed by atoms with Gasteiger partial charge in [0.2, 0.25) is 0 Å². The standard InChI is InChI=1S/2C24H28P.4ClH.4Mn.2H2O.10O/c2*1-2-3-4-14-21-25(22-15-8-5-9-16-22,23-17-10-6-11-18-23)24-19-12-7-13-20-24;;;;;;;;;;;;;;;;;;;;/h2*5-13,15-20H,2-4,14,21H2,1H3;4*1H;;;;;2*1H2;;;;;;;;;;/q2*+1;;;;;2*+1;2*+2;;;;;;;;;;;2*-1/p-6. The Balaban J connectivity index is 0.000000506. The van der Waals surface area contributed by atoms with Crippen molar-refractivity contribution in [2.45, 2.75) is 65.2 Å². The van der Waals surface area contributed by atoms with E-state index in [0.29, 0.717) is 0 Å². The van der Waals surface area contributed by atoms with E-state index < -0.39 is 63.0 Å². The van der Waals surface area contributed by atoms with Crippen molar-refractivity contribution in [2.24, 2.45) is 0 Å². The first-order valence-electron chi connectivity index (χ1n) is 21.3. The van der Waals surface area contributed by atoms with Gasteiger partial charge in [-0.15, -0.1) is 0 Å². The molecular formula is C48H58Cl4Mn4O12P2. The molecule has 0 fully saturated rings. The van der Waals surface area contributed by atoms with Gasteiger partial charge in [-0.05, 0) is 98.5 Å². The molecule has 0 radical (unpaired) electrons. The molecule has 0 unspecified atom stereocenters. The zero-order chi connectivity index (χ0) is 52.7. The van der Waals surface area contributed by atoms with Crippen LogP contribution in [0, 0.1) is 0 Å². The third-order valence-electron chi connectivity index (χ3n) is 9.88. The molecule has 0 aromatic heterocycles. The first kappa shape index (κ1) is 65.7. The van der Waals surface area contributed by atoms with Gasteiger partial charge in [-0.1, -0.05) is 149 Å². The van der Waals surface area contributed by atoms with Crippen LogP contribution in [0.4, 0.5) is 0 Å². The van der Waals surface area contributed by atoms with Crippen LogP contribution in [0.3, 0.4) is 0 Å². The molecule has 2 N–H and O–H groups in total. The summed E-state index contributed by atoms with van der Waals surface area (Å²) in [5.41, 5.74) is 0. The Labute approximate surface area is 438 Å². The Hall–Kier alpha value is -2.34. The molecule has 0 aliphatic heterocycles. The minimum atomic E-state index is -4.90. The molecule has 70 heavy (non-hydrogen) atoms. The first-order chi connectivity index (χ1) is 32.8. The maximum atomic E-state index is 9.01. The molecule has 388 valence electrons. The van der Waals surface area contributed by atoms with E-state index in [1.54, 1.807) is 0 Å². The second-order valence-electron chi connectivity index (χ2n) is 14.7. The fourth-order valence-corrected chi connectivity index (χ4v) is 16.1. The van der Waals surface area contributed by atoms with Crippen LogP contribution in [0.25, 0.3) is 0 Å². The monoisotopic (exact) mass is 1250 g/mol. The van der Waals surface area contributed by atoms with Crippen LogP contribution in [-0.4, -0.2) is 20.7 Å². The fraction of sp³-hybridized carbons (Fsp3) is 0.250. The second kappa shape index (κ2) is 34.2. The van der Waals surface area contributed by atoms with Gasteiger partial charge in [0.25, 0.3) is 0 Å². The summed E-state index contributed by atoms with van der Waals surface area (Å²) < 4.78 is 104. The van der Waals surface area contributed by atoms with Crippen LogP contribution in [0.2, 0.25) is 0 Å². The zero-order valence-electron chi connectivity index (χ0n) is 38.3. The van der Waals surface area contributed by atoms with Crippen molar-refractivity contribution < 1.29 is 95.9 Å². The molecule has 0 saturated heterocycles. The summed E-state index contributed by atoms with van der Waals surface area (Å²) in [6.07, 6.45) is 13.0. The zero-order valence-corrected chi connectivity index (χ0v) is 47.8. The summed E-state index contributed by atoms with van der Waals surface area (Å²) in [6.45, 7) is 4.57. The van der Waals surface area contributed by atoms with Crippen molar-refractivity contribution in [3.63, 3.8) is 0 Å². The molecule has 6 aromatic carbocycles. The van der Waals surface area contributed by atoms with Crippen LogP contribution in [0.15, 0.2) is 182 Å². The first-order valence-corrected chi connectivity index (χ1v) is 37.6. The molecule has 0 spiro atoms. The van der Waals surface area contributed by atoms with E-state index in [9.17, 15) is 0 Å². The van der Waals surface area contributed by atoms with Crippen molar-refractivity contribution in [1.29, 1.82) is 0 Å². The average Bonchev–Trinajstić information content (AvgIpc) is 3.29. The van der Waals surface area contributed by atoms with E-state index in [0.717, 1.165) is 0 Å². The molecule has 0 aliphatic carbocycles. The van der Waals surface area contributed by atoms with E-state index in [4.69, 9.17) is 47.4 Å². The SMILES string of the molecule is CCCCCC[P+](c1ccccc1)(c1ccccc1)c1ccccc1.CCCCCC[P+](c1ccccc1)(c1ccccc1)c1ccccc1.[O]=[Mn](=[O])([O-])[Cl].[O]=[Mn](=[O])([O-])[Cl].[O]=[Mn](=[O])([OH])[Cl].[O]=[Mn](=[O])([OH])[Cl]. The second-order valence-corrected chi connectivity index (χ2v) is 32.4. The van der Waals surface area contributed by atoms with Crippen LogP contribution in [0.5, 0.6) is 0 Å². The third-order valence-corrected chi connectivity index (χ3v) is 18.9. The van der Waals surface area contributed by atoms with Crippen molar-refractivity contribution in [3.8, 4) is 0 Å². The van der Waals surface area contributed by atoms with Gasteiger partial charge in [-0.25, -0.2) is 0 Å². The van der Waals surface area contributed by atoms with Gasteiger partial charge < -0.3 is 0 Å². The van der Waals surface area contributed by atoms with E-state index in [2.05, 4.69) is 236 Å². The molecule has 6 aromatic rings. The van der Waals surface area contributed by atoms with E-state index in [1.165, 1.54) is 95.5 Å². The Bertz CT molecular complexity index is 2300. The minimum absolute atomic E-state index is 1.25. The number of benzene rings is 6. The van der Waals surface area contributed by atoms with Crippen molar-refractivity contribution >= 4 is 86.7 Å². The summed E-state index contributed by atoms with van der Waals surface area (Å²) in [4.78, 5) is 0. The van der Waals surface area contributed by atoms with Crippen LogP contribution >= 0.6 is 54.9 Å². The van der Waals surface area contributed by atoms with Crippen LogP contribution in [-0.2, 0) is 79.2 Å². The molecule has 0 amide bonds. The fourth-order valence-electron chi connectivity index (χ4n) is 7.32. The van der Waals surface area contributed by atoms with Gasteiger partial charge in [-0.2, -0.15) is 0 Å².